The van der Waals surface area contributed by atoms with Gasteiger partial charge in [-0.05, 0) is 25.2 Å². The predicted molar refractivity (Wildman–Crippen MR) is 52.8 cm³/mol. The van der Waals surface area contributed by atoms with Crippen LogP contribution in [0.15, 0.2) is 0 Å². The van der Waals surface area contributed by atoms with Crippen molar-refractivity contribution >= 4 is 0 Å². The zero-order valence-electron chi connectivity index (χ0n) is 8.43. The predicted octanol–water partition coefficient (Wildman–Crippen LogP) is 2.59. The van der Waals surface area contributed by atoms with E-state index in [4.69, 9.17) is 6.42 Å². The van der Waals surface area contributed by atoms with Gasteiger partial charge in [0, 0.05) is 0 Å². The van der Waals surface area contributed by atoms with E-state index in [0.717, 1.165) is 25.7 Å². The largest absolute Gasteiger partial charge is 0.377 e. The van der Waals surface area contributed by atoms with E-state index in [9.17, 15) is 5.11 Å². The highest BCUT2D eigenvalue weighted by atomic mass is 16.3. The molecule has 1 nitrogen and oxygen atoms in total. The van der Waals surface area contributed by atoms with Gasteiger partial charge in [-0.1, -0.05) is 33.1 Å². The molecule has 0 rings (SSSR count). The van der Waals surface area contributed by atoms with Crippen molar-refractivity contribution in [3.05, 3.63) is 0 Å². The van der Waals surface area contributed by atoms with Crippen molar-refractivity contribution in [2.24, 2.45) is 5.92 Å². The van der Waals surface area contributed by atoms with Gasteiger partial charge in [-0.15, -0.1) is 6.42 Å². The molecule has 0 bridgehead atoms. The maximum absolute atomic E-state index is 9.98. The summed E-state index contributed by atoms with van der Waals surface area (Å²) in [6.07, 6.45) is 9.08. The van der Waals surface area contributed by atoms with Crippen LogP contribution in [0.4, 0.5) is 0 Å². The summed E-state index contributed by atoms with van der Waals surface area (Å²) in [6.45, 7) is 6.17. The molecule has 2 atom stereocenters. The van der Waals surface area contributed by atoms with E-state index < -0.39 is 5.60 Å². The number of rotatable bonds is 5. The van der Waals surface area contributed by atoms with Crippen LogP contribution < -0.4 is 0 Å². The molecule has 0 fully saturated rings. The molecule has 1 heteroatoms. The van der Waals surface area contributed by atoms with Gasteiger partial charge in [0.2, 0.25) is 0 Å². The maximum Gasteiger partial charge on any atom is 0.127 e. The Kier molecular flexibility index (Phi) is 5.01. The number of aliphatic hydroxyl groups is 1. The van der Waals surface area contributed by atoms with Gasteiger partial charge in [0.1, 0.15) is 5.60 Å². The first-order valence-corrected chi connectivity index (χ1v) is 4.80. The van der Waals surface area contributed by atoms with Crippen molar-refractivity contribution < 1.29 is 5.11 Å². The Morgan fingerprint density at radius 2 is 2.08 bits per heavy atom. The Balaban J connectivity index is 4.16. The van der Waals surface area contributed by atoms with Crippen LogP contribution in [0.1, 0.15) is 46.5 Å². The fraction of sp³-hybridized carbons (Fsp3) is 0.818. The average Bonchev–Trinajstić information content (AvgIpc) is 2.12. The lowest BCUT2D eigenvalue weighted by atomic mass is 9.83. The minimum Gasteiger partial charge on any atom is -0.377 e. The van der Waals surface area contributed by atoms with Crippen LogP contribution in [0.3, 0.4) is 0 Å². The van der Waals surface area contributed by atoms with Crippen LogP contribution in [-0.4, -0.2) is 10.7 Å². The van der Waals surface area contributed by atoms with Crippen molar-refractivity contribution in [2.75, 3.05) is 0 Å². The molecule has 0 aliphatic carbocycles. The van der Waals surface area contributed by atoms with Crippen LogP contribution in [0.5, 0.6) is 0 Å². The Morgan fingerprint density at radius 3 is 2.42 bits per heavy atom. The second kappa shape index (κ2) is 5.22. The van der Waals surface area contributed by atoms with Gasteiger partial charge in [0.25, 0.3) is 0 Å². The van der Waals surface area contributed by atoms with Gasteiger partial charge in [-0.2, -0.15) is 0 Å². The molecule has 0 aliphatic heterocycles. The molecule has 2 unspecified atom stereocenters. The van der Waals surface area contributed by atoms with Gasteiger partial charge in [0.05, 0.1) is 0 Å². The first-order valence-electron chi connectivity index (χ1n) is 4.80. The minimum atomic E-state index is -0.870. The lowest BCUT2D eigenvalue weighted by Gasteiger charge is -2.28. The van der Waals surface area contributed by atoms with Crippen molar-refractivity contribution in [1.82, 2.24) is 0 Å². The average molecular weight is 168 g/mol. The summed E-state index contributed by atoms with van der Waals surface area (Å²) < 4.78 is 0. The molecule has 0 amide bonds. The van der Waals surface area contributed by atoms with Crippen LogP contribution in [0.2, 0.25) is 0 Å². The zero-order valence-corrected chi connectivity index (χ0v) is 8.43. The van der Waals surface area contributed by atoms with E-state index in [0.29, 0.717) is 0 Å². The van der Waals surface area contributed by atoms with Gasteiger partial charge in [-0.3, -0.25) is 0 Å². The highest BCUT2D eigenvalue weighted by Crippen LogP contribution is 2.25. The molecule has 0 radical (unpaired) electrons. The van der Waals surface area contributed by atoms with Crippen molar-refractivity contribution in [1.29, 1.82) is 0 Å². The number of terminal acetylenes is 1. The van der Waals surface area contributed by atoms with Crippen molar-refractivity contribution in [2.45, 2.75) is 52.1 Å². The Labute approximate surface area is 76.2 Å². The number of unbranched alkanes of at least 4 members (excludes halogenated alkanes) is 1. The summed E-state index contributed by atoms with van der Waals surface area (Å²) in [5.41, 5.74) is -0.870. The molecule has 0 saturated heterocycles. The van der Waals surface area contributed by atoms with E-state index in [1.165, 1.54) is 0 Å². The number of hydrogen-bond donors (Lipinski definition) is 1. The van der Waals surface area contributed by atoms with Crippen LogP contribution in [0.25, 0.3) is 0 Å². The van der Waals surface area contributed by atoms with Crippen molar-refractivity contribution in [3.63, 3.8) is 0 Å². The molecule has 0 saturated carbocycles. The molecule has 70 valence electrons. The quantitative estimate of drug-likeness (QED) is 0.626. The first kappa shape index (κ1) is 11.5. The highest BCUT2D eigenvalue weighted by molar-refractivity contribution is 5.09. The normalized spacial score (nSPS) is 17.9. The number of hydrogen-bond acceptors (Lipinski definition) is 1. The van der Waals surface area contributed by atoms with E-state index in [-0.39, 0.29) is 5.92 Å². The third-order valence-electron chi connectivity index (χ3n) is 2.59. The SMILES string of the molecule is C#CC(O)(CCCC)C(C)CC. The monoisotopic (exact) mass is 168 g/mol. The Hall–Kier alpha value is -0.480. The maximum atomic E-state index is 9.98. The fourth-order valence-corrected chi connectivity index (χ4v) is 1.24. The van der Waals surface area contributed by atoms with Gasteiger partial charge in [0.15, 0.2) is 0 Å². The molecule has 0 aromatic heterocycles. The van der Waals surface area contributed by atoms with E-state index >= 15 is 0 Å². The van der Waals surface area contributed by atoms with E-state index in [1.807, 2.05) is 6.92 Å². The topological polar surface area (TPSA) is 20.2 Å². The van der Waals surface area contributed by atoms with E-state index in [1.54, 1.807) is 0 Å². The third kappa shape index (κ3) is 2.87. The molecule has 12 heavy (non-hydrogen) atoms. The lowest BCUT2D eigenvalue weighted by Crippen LogP contribution is -2.34. The summed E-state index contributed by atoms with van der Waals surface area (Å²) in [6, 6.07) is 0. The first-order chi connectivity index (χ1) is 5.60. The summed E-state index contributed by atoms with van der Waals surface area (Å²) in [4.78, 5) is 0. The Morgan fingerprint density at radius 1 is 1.50 bits per heavy atom. The molecule has 0 heterocycles. The van der Waals surface area contributed by atoms with Crippen LogP contribution in [-0.2, 0) is 0 Å². The summed E-state index contributed by atoms with van der Waals surface area (Å²) in [5, 5.41) is 9.98. The molecule has 0 aromatic rings. The van der Waals surface area contributed by atoms with Gasteiger partial charge in [-0.25, -0.2) is 0 Å². The highest BCUT2D eigenvalue weighted by Gasteiger charge is 2.29. The van der Waals surface area contributed by atoms with Crippen LogP contribution >= 0.6 is 0 Å². The van der Waals surface area contributed by atoms with Gasteiger partial charge < -0.3 is 5.11 Å². The lowest BCUT2D eigenvalue weighted by molar-refractivity contribution is 0.0335. The third-order valence-corrected chi connectivity index (χ3v) is 2.59. The summed E-state index contributed by atoms with van der Waals surface area (Å²) in [7, 11) is 0. The molecule has 0 aliphatic rings. The molecular weight excluding hydrogens is 148 g/mol. The molecule has 0 spiro atoms. The van der Waals surface area contributed by atoms with Crippen LogP contribution in [0, 0.1) is 18.3 Å². The zero-order chi connectivity index (χ0) is 9.61. The molecule has 0 aromatic carbocycles. The summed E-state index contributed by atoms with van der Waals surface area (Å²) >= 11 is 0. The van der Waals surface area contributed by atoms with Gasteiger partial charge >= 0.3 is 0 Å². The second-order valence-electron chi connectivity index (χ2n) is 3.48. The van der Waals surface area contributed by atoms with Crippen molar-refractivity contribution in [3.8, 4) is 12.3 Å². The summed E-state index contributed by atoms with van der Waals surface area (Å²) in [5.74, 6) is 2.72. The smallest absolute Gasteiger partial charge is 0.127 e. The second-order valence-corrected chi connectivity index (χ2v) is 3.48. The molecular formula is C11H20O. The fourth-order valence-electron chi connectivity index (χ4n) is 1.24. The Bertz CT molecular complexity index is 157. The minimum absolute atomic E-state index is 0.203. The standard InChI is InChI=1S/C11H20O/c1-5-8-9-11(12,7-3)10(4)6-2/h3,10,12H,5-6,8-9H2,1-2,4H3. The van der Waals surface area contributed by atoms with E-state index in [2.05, 4.69) is 19.8 Å². The molecule has 1 N–H and O–H groups in total.